The van der Waals surface area contributed by atoms with Crippen LogP contribution in [0.2, 0.25) is 5.02 Å². The highest BCUT2D eigenvalue weighted by atomic mass is 35.5. The Kier molecular flexibility index (Phi) is 3.73. The van der Waals surface area contributed by atoms with Gasteiger partial charge in [0.25, 0.3) is 0 Å². The van der Waals surface area contributed by atoms with Crippen LogP contribution in [0, 0.1) is 0 Å². The lowest BCUT2D eigenvalue weighted by atomic mass is 10.2. The fourth-order valence-corrected chi connectivity index (χ4v) is 2.49. The molecule has 0 radical (unpaired) electrons. The number of carbonyl (C=O) groups excluding carboxylic acids is 1. The van der Waals surface area contributed by atoms with Crippen LogP contribution in [0.15, 0.2) is 51.7 Å². The Hall–Kier alpha value is -2.53. The monoisotopic (exact) mass is 316 g/mol. The zero-order valence-electron chi connectivity index (χ0n) is 11.8. The van der Waals surface area contributed by atoms with Gasteiger partial charge < -0.3 is 9.73 Å². The van der Waals surface area contributed by atoms with Gasteiger partial charge in [-0.05, 0) is 29.8 Å². The van der Waals surface area contributed by atoms with E-state index >= 15 is 0 Å². The molecule has 3 aromatic rings. The third kappa shape index (κ3) is 2.89. The van der Waals surface area contributed by atoms with E-state index in [1.165, 1.54) is 11.5 Å². The van der Waals surface area contributed by atoms with Crippen molar-refractivity contribution >= 4 is 34.3 Å². The van der Waals surface area contributed by atoms with Crippen LogP contribution in [-0.4, -0.2) is 10.5 Å². The van der Waals surface area contributed by atoms with E-state index in [4.69, 9.17) is 16.0 Å². The van der Waals surface area contributed by atoms with Gasteiger partial charge in [-0.3, -0.25) is 9.36 Å². The first-order valence-corrected chi connectivity index (χ1v) is 7.06. The number of oxazole rings is 1. The van der Waals surface area contributed by atoms with Crippen molar-refractivity contribution in [1.82, 2.24) is 4.57 Å². The number of benzene rings is 2. The summed E-state index contributed by atoms with van der Waals surface area (Å²) in [5.41, 5.74) is 2.70. The molecule has 0 aliphatic rings. The molecule has 3 rings (SSSR count). The topological polar surface area (TPSA) is 64.2 Å². The average Bonchev–Trinajstić information content (AvgIpc) is 2.74. The van der Waals surface area contributed by atoms with Gasteiger partial charge in [-0.2, -0.15) is 0 Å². The Morgan fingerprint density at radius 2 is 2.09 bits per heavy atom. The molecule has 0 bridgehead atoms. The highest BCUT2D eigenvalue weighted by Gasteiger charge is 2.10. The van der Waals surface area contributed by atoms with Gasteiger partial charge in [0.15, 0.2) is 5.58 Å². The summed E-state index contributed by atoms with van der Waals surface area (Å²) in [5.74, 6) is -0.583. The first-order valence-electron chi connectivity index (χ1n) is 6.68. The average molecular weight is 317 g/mol. The van der Waals surface area contributed by atoms with Crippen LogP contribution in [0.25, 0.3) is 11.1 Å². The molecule has 5 nitrogen and oxygen atoms in total. The van der Waals surface area contributed by atoms with Crippen molar-refractivity contribution in [2.45, 2.75) is 13.5 Å². The number of halogens is 1. The number of rotatable bonds is 3. The molecular formula is C16H13ClN2O3. The molecule has 6 heteroatoms. The molecule has 112 valence electrons. The number of fused-ring (bicyclic) bond motifs is 1. The second-order valence-corrected chi connectivity index (χ2v) is 5.38. The Balaban J connectivity index is 1.98. The molecule has 1 heterocycles. The van der Waals surface area contributed by atoms with Gasteiger partial charge >= 0.3 is 5.76 Å². The standard InChI is InChI=1S/C16H13ClN2O3/c1-10(20)18-13-4-2-3-11(7-13)9-19-14-6-5-12(17)8-15(14)22-16(19)21/h2-8H,9H2,1H3,(H,18,20). The third-order valence-electron chi connectivity index (χ3n) is 3.22. The van der Waals surface area contributed by atoms with Gasteiger partial charge in [0.05, 0.1) is 12.1 Å². The van der Waals surface area contributed by atoms with Crippen LogP contribution < -0.4 is 11.1 Å². The smallest absolute Gasteiger partial charge is 0.408 e. The highest BCUT2D eigenvalue weighted by molar-refractivity contribution is 6.31. The summed E-state index contributed by atoms with van der Waals surface area (Å²) in [4.78, 5) is 23.1. The second-order valence-electron chi connectivity index (χ2n) is 4.95. The molecule has 1 N–H and O–H groups in total. The summed E-state index contributed by atoms with van der Waals surface area (Å²) in [7, 11) is 0. The molecule has 1 aromatic heterocycles. The van der Waals surface area contributed by atoms with Gasteiger partial charge in [-0.25, -0.2) is 4.79 Å². The normalized spacial score (nSPS) is 10.8. The van der Waals surface area contributed by atoms with Crippen molar-refractivity contribution in [2.24, 2.45) is 0 Å². The number of amides is 1. The number of anilines is 1. The zero-order valence-corrected chi connectivity index (χ0v) is 12.6. The van der Waals surface area contributed by atoms with Crippen LogP contribution >= 0.6 is 11.6 Å². The Bertz CT molecular complexity index is 911. The lowest BCUT2D eigenvalue weighted by Crippen LogP contribution is -2.15. The zero-order chi connectivity index (χ0) is 15.7. The highest BCUT2D eigenvalue weighted by Crippen LogP contribution is 2.20. The van der Waals surface area contributed by atoms with Crippen molar-refractivity contribution in [3.63, 3.8) is 0 Å². The van der Waals surface area contributed by atoms with Crippen LogP contribution in [0.1, 0.15) is 12.5 Å². The Labute approximate surface area is 131 Å². The van der Waals surface area contributed by atoms with Crippen LogP contribution in [0.5, 0.6) is 0 Å². The first kappa shape index (κ1) is 14.4. The van der Waals surface area contributed by atoms with Crippen LogP contribution in [0.4, 0.5) is 5.69 Å². The van der Waals surface area contributed by atoms with E-state index in [1.54, 1.807) is 24.3 Å². The number of hydrogen-bond acceptors (Lipinski definition) is 3. The number of nitrogens with zero attached hydrogens (tertiary/aromatic N) is 1. The molecule has 0 fully saturated rings. The van der Waals surface area contributed by atoms with E-state index < -0.39 is 5.76 Å². The van der Waals surface area contributed by atoms with E-state index in [0.29, 0.717) is 28.4 Å². The minimum Gasteiger partial charge on any atom is -0.408 e. The number of hydrogen-bond donors (Lipinski definition) is 1. The fourth-order valence-electron chi connectivity index (χ4n) is 2.32. The van der Waals surface area contributed by atoms with E-state index in [2.05, 4.69) is 5.32 Å². The molecule has 0 aliphatic heterocycles. The summed E-state index contributed by atoms with van der Waals surface area (Å²) < 4.78 is 6.73. The van der Waals surface area contributed by atoms with E-state index in [0.717, 1.165) is 5.56 Å². The molecular weight excluding hydrogens is 304 g/mol. The summed E-state index contributed by atoms with van der Waals surface area (Å²) in [5, 5.41) is 3.23. The second kappa shape index (κ2) is 5.69. The van der Waals surface area contributed by atoms with Crippen molar-refractivity contribution in [1.29, 1.82) is 0 Å². The molecule has 0 aliphatic carbocycles. The predicted molar refractivity (Wildman–Crippen MR) is 85.3 cm³/mol. The lowest BCUT2D eigenvalue weighted by Gasteiger charge is -2.06. The van der Waals surface area contributed by atoms with Gasteiger partial charge in [0.2, 0.25) is 5.91 Å². The SMILES string of the molecule is CC(=O)Nc1cccc(Cn2c(=O)oc3cc(Cl)ccc32)c1. The minimum absolute atomic E-state index is 0.141. The molecule has 0 unspecified atom stereocenters. The first-order chi connectivity index (χ1) is 10.5. The fraction of sp³-hybridized carbons (Fsp3) is 0.125. The van der Waals surface area contributed by atoms with E-state index in [-0.39, 0.29) is 5.91 Å². The summed E-state index contributed by atoms with van der Waals surface area (Å²) in [6, 6.07) is 12.4. The van der Waals surface area contributed by atoms with Crippen LogP contribution in [-0.2, 0) is 11.3 Å². The lowest BCUT2D eigenvalue weighted by molar-refractivity contribution is -0.114. The maximum atomic E-state index is 12.0. The van der Waals surface area contributed by atoms with Crippen LogP contribution in [0.3, 0.4) is 0 Å². The molecule has 0 spiro atoms. The van der Waals surface area contributed by atoms with Gasteiger partial charge in [-0.15, -0.1) is 0 Å². The quantitative estimate of drug-likeness (QED) is 0.806. The summed E-state index contributed by atoms with van der Waals surface area (Å²) in [6.07, 6.45) is 0. The minimum atomic E-state index is -0.442. The molecule has 22 heavy (non-hydrogen) atoms. The number of nitrogens with one attached hydrogen (secondary N) is 1. The molecule has 2 aromatic carbocycles. The maximum Gasteiger partial charge on any atom is 0.420 e. The molecule has 1 amide bonds. The Morgan fingerprint density at radius 1 is 1.27 bits per heavy atom. The molecule has 0 atom stereocenters. The van der Waals surface area contributed by atoms with E-state index in [1.807, 2.05) is 18.2 Å². The van der Waals surface area contributed by atoms with Crippen molar-refractivity contribution < 1.29 is 9.21 Å². The van der Waals surface area contributed by atoms with Gasteiger partial charge in [0, 0.05) is 23.7 Å². The number of aromatic nitrogens is 1. The Morgan fingerprint density at radius 3 is 2.86 bits per heavy atom. The van der Waals surface area contributed by atoms with Gasteiger partial charge in [-0.1, -0.05) is 23.7 Å². The predicted octanol–water partition coefficient (Wildman–Crippen LogP) is 3.25. The number of carbonyl (C=O) groups is 1. The largest absolute Gasteiger partial charge is 0.420 e. The molecule has 0 saturated heterocycles. The van der Waals surface area contributed by atoms with Gasteiger partial charge in [0.1, 0.15) is 0 Å². The summed E-state index contributed by atoms with van der Waals surface area (Å²) in [6.45, 7) is 1.80. The van der Waals surface area contributed by atoms with Crippen molar-refractivity contribution in [3.8, 4) is 0 Å². The maximum absolute atomic E-state index is 12.0. The summed E-state index contributed by atoms with van der Waals surface area (Å²) >= 11 is 5.90. The van der Waals surface area contributed by atoms with Crippen molar-refractivity contribution in [3.05, 3.63) is 63.6 Å². The van der Waals surface area contributed by atoms with E-state index in [9.17, 15) is 9.59 Å². The van der Waals surface area contributed by atoms with Crippen molar-refractivity contribution in [2.75, 3.05) is 5.32 Å². The molecule has 0 saturated carbocycles. The third-order valence-corrected chi connectivity index (χ3v) is 3.45.